The van der Waals surface area contributed by atoms with Crippen LogP contribution in [0.4, 0.5) is 0 Å². The Bertz CT molecular complexity index is 339. The van der Waals surface area contributed by atoms with Crippen LogP contribution >= 0.6 is 0 Å². The quantitative estimate of drug-likeness (QED) is 0.693. The molecule has 2 rings (SSSR count). The summed E-state index contributed by atoms with van der Waals surface area (Å²) in [5, 5.41) is 0. The van der Waals surface area contributed by atoms with Gasteiger partial charge < -0.3 is 4.74 Å². The highest BCUT2D eigenvalue weighted by atomic mass is 16.5. The molecule has 1 aromatic heterocycles. The van der Waals surface area contributed by atoms with Crippen LogP contribution in [0.3, 0.4) is 0 Å². The van der Waals surface area contributed by atoms with Crippen LogP contribution in [0.5, 0.6) is 0 Å². The largest absolute Gasteiger partial charge is 0.381 e. The van der Waals surface area contributed by atoms with Crippen LogP contribution in [0.1, 0.15) is 28.9 Å². The smallest absolute Gasteiger partial charge is 0.186 e. The van der Waals surface area contributed by atoms with E-state index in [1.807, 2.05) is 13.0 Å². The van der Waals surface area contributed by atoms with Crippen molar-refractivity contribution in [2.45, 2.75) is 19.8 Å². The Labute approximate surface area is 89.5 Å². The van der Waals surface area contributed by atoms with E-state index in [0.717, 1.165) is 25.0 Å². The summed E-state index contributed by atoms with van der Waals surface area (Å²) in [5.41, 5.74) is 1.64. The molecule has 1 fully saturated rings. The second kappa shape index (κ2) is 4.53. The highest BCUT2D eigenvalue weighted by Crippen LogP contribution is 2.17. The van der Waals surface area contributed by atoms with Crippen LogP contribution in [-0.2, 0) is 4.74 Å². The summed E-state index contributed by atoms with van der Waals surface area (Å²) in [7, 11) is 0. The van der Waals surface area contributed by atoms with Gasteiger partial charge in [0.15, 0.2) is 5.78 Å². The molecule has 3 nitrogen and oxygen atoms in total. The number of rotatable bonds is 2. The molecule has 2 heterocycles. The molecule has 0 saturated carbocycles. The van der Waals surface area contributed by atoms with Gasteiger partial charge in [-0.2, -0.15) is 0 Å². The maximum Gasteiger partial charge on any atom is 0.186 e. The van der Waals surface area contributed by atoms with Gasteiger partial charge in [0, 0.05) is 18.7 Å². The average molecular weight is 205 g/mol. The normalized spacial score (nSPS) is 21.3. The predicted molar refractivity (Wildman–Crippen MR) is 56.8 cm³/mol. The van der Waals surface area contributed by atoms with Crippen molar-refractivity contribution < 1.29 is 9.53 Å². The Balaban J connectivity index is 2.09. The van der Waals surface area contributed by atoms with Crippen molar-refractivity contribution in [2.24, 2.45) is 5.92 Å². The maximum atomic E-state index is 12.0. The van der Waals surface area contributed by atoms with Crippen molar-refractivity contribution in [3.63, 3.8) is 0 Å². The van der Waals surface area contributed by atoms with Gasteiger partial charge in [-0.1, -0.05) is 6.07 Å². The van der Waals surface area contributed by atoms with Gasteiger partial charge in [0.1, 0.15) is 5.69 Å². The van der Waals surface area contributed by atoms with E-state index >= 15 is 0 Å². The minimum atomic E-state index is 0.00829. The molecule has 1 atom stereocenters. The molecule has 0 spiro atoms. The number of aryl methyl sites for hydroxylation is 1. The molecule has 1 aromatic rings. The summed E-state index contributed by atoms with van der Waals surface area (Å²) in [6.07, 6.45) is 3.63. The average Bonchev–Trinajstić information content (AvgIpc) is 2.30. The van der Waals surface area contributed by atoms with Crippen LogP contribution < -0.4 is 0 Å². The minimum Gasteiger partial charge on any atom is -0.381 e. The second-order valence-corrected chi connectivity index (χ2v) is 4.00. The molecule has 3 heteroatoms. The van der Waals surface area contributed by atoms with Crippen molar-refractivity contribution in [2.75, 3.05) is 13.2 Å². The second-order valence-electron chi connectivity index (χ2n) is 4.00. The summed E-state index contributed by atoms with van der Waals surface area (Å²) < 4.78 is 5.30. The molecule has 1 unspecified atom stereocenters. The Kier molecular flexibility index (Phi) is 3.11. The topological polar surface area (TPSA) is 39.2 Å². The lowest BCUT2D eigenvalue weighted by Crippen LogP contribution is -2.25. The van der Waals surface area contributed by atoms with Gasteiger partial charge in [0.05, 0.1) is 6.61 Å². The number of Topliss-reactive ketones (excluding diaryl/α,β-unsaturated/α-hetero) is 1. The third-order valence-electron chi connectivity index (χ3n) is 2.69. The van der Waals surface area contributed by atoms with Gasteiger partial charge in [-0.05, 0) is 31.4 Å². The lowest BCUT2D eigenvalue weighted by Gasteiger charge is -2.20. The van der Waals surface area contributed by atoms with Gasteiger partial charge in [-0.15, -0.1) is 0 Å². The molecule has 0 N–H and O–H groups in total. The van der Waals surface area contributed by atoms with Crippen LogP contribution in [0.15, 0.2) is 18.3 Å². The van der Waals surface area contributed by atoms with Crippen LogP contribution in [0, 0.1) is 12.8 Å². The monoisotopic (exact) mass is 205 g/mol. The zero-order valence-corrected chi connectivity index (χ0v) is 8.90. The number of carbonyl (C=O) groups is 1. The van der Waals surface area contributed by atoms with Crippen molar-refractivity contribution >= 4 is 5.78 Å². The number of hydrogen-bond donors (Lipinski definition) is 0. The van der Waals surface area contributed by atoms with Gasteiger partial charge in [-0.3, -0.25) is 9.78 Å². The molecule has 80 valence electrons. The van der Waals surface area contributed by atoms with Gasteiger partial charge in [0.2, 0.25) is 0 Å². The first-order valence-corrected chi connectivity index (χ1v) is 5.32. The minimum absolute atomic E-state index is 0.00829. The summed E-state index contributed by atoms with van der Waals surface area (Å²) in [5.74, 6) is 0.128. The molecule has 0 amide bonds. The third-order valence-corrected chi connectivity index (χ3v) is 2.69. The highest BCUT2D eigenvalue weighted by molar-refractivity contribution is 5.96. The van der Waals surface area contributed by atoms with E-state index in [9.17, 15) is 4.79 Å². The first-order valence-electron chi connectivity index (χ1n) is 5.32. The van der Waals surface area contributed by atoms with Crippen LogP contribution in [0.2, 0.25) is 0 Å². The predicted octanol–water partition coefficient (Wildman–Crippen LogP) is 2.00. The van der Waals surface area contributed by atoms with E-state index < -0.39 is 0 Å². The molecule has 0 bridgehead atoms. The molecule has 15 heavy (non-hydrogen) atoms. The Morgan fingerprint density at radius 1 is 1.53 bits per heavy atom. The lowest BCUT2D eigenvalue weighted by atomic mass is 9.95. The molecule has 0 aliphatic carbocycles. The Morgan fingerprint density at radius 2 is 2.40 bits per heavy atom. The summed E-state index contributed by atoms with van der Waals surface area (Å²) >= 11 is 0. The first-order chi connectivity index (χ1) is 7.27. The van der Waals surface area contributed by atoms with E-state index in [0.29, 0.717) is 12.3 Å². The van der Waals surface area contributed by atoms with Crippen LogP contribution in [0.25, 0.3) is 0 Å². The number of hydrogen-bond acceptors (Lipinski definition) is 3. The molecule has 1 aliphatic rings. The van der Waals surface area contributed by atoms with Crippen molar-refractivity contribution in [1.82, 2.24) is 4.98 Å². The fraction of sp³-hybridized carbons (Fsp3) is 0.500. The van der Waals surface area contributed by atoms with Crippen molar-refractivity contribution in [3.8, 4) is 0 Å². The molecule has 1 aliphatic heterocycles. The fourth-order valence-electron chi connectivity index (χ4n) is 1.77. The van der Waals surface area contributed by atoms with Gasteiger partial charge in [-0.25, -0.2) is 0 Å². The third kappa shape index (κ3) is 2.42. The summed E-state index contributed by atoms with van der Waals surface area (Å²) in [6, 6.07) is 3.72. The first kappa shape index (κ1) is 10.3. The lowest BCUT2D eigenvalue weighted by molar-refractivity contribution is 0.0458. The number of pyridine rings is 1. The van der Waals surface area contributed by atoms with Gasteiger partial charge in [0.25, 0.3) is 0 Å². The van der Waals surface area contributed by atoms with Crippen molar-refractivity contribution in [1.29, 1.82) is 0 Å². The van der Waals surface area contributed by atoms with E-state index in [2.05, 4.69) is 4.98 Å². The SMILES string of the molecule is Cc1ccc(C(=O)C2CCCOC2)nc1. The van der Waals surface area contributed by atoms with E-state index in [4.69, 9.17) is 4.74 Å². The number of aromatic nitrogens is 1. The summed E-state index contributed by atoms with van der Waals surface area (Å²) in [4.78, 5) is 16.1. The number of ketones is 1. The molecule has 0 aromatic carbocycles. The van der Waals surface area contributed by atoms with E-state index in [1.54, 1.807) is 12.3 Å². The standard InChI is InChI=1S/C12H15NO2/c1-9-4-5-11(13-7-9)12(14)10-3-2-6-15-8-10/h4-5,7,10H,2-3,6,8H2,1H3. The Morgan fingerprint density at radius 3 is 3.00 bits per heavy atom. The molecule has 1 saturated heterocycles. The molecular weight excluding hydrogens is 190 g/mol. The highest BCUT2D eigenvalue weighted by Gasteiger charge is 2.23. The number of nitrogens with zero attached hydrogens (tertiary/aromatic N) is 1. The van der Waals surface area contributed by atoms with E-state index in [-0.39, 0.29) is 11.7 Å². The molecular formula is C12H15NO2. The molecule has 0 radical (unpaired) electrons. The Hall–Kier alpha value is -1.22. The zero-order chi connectivity index (χ0) is 10.7. The fourth-order valence-corrected chi connectivity index (χ4v) is 1.77. The van der Waals surface area contributed by atoms with Crippen LogP contribution in [-0.4, -0.2) is 24.0 Å². The number of carbonyl (C=O) groups excluding carboxylic acids is 1. The van der Waals surface area contributed by atoms with Crippen molar-refractivity contribution in [3.05, 3.63) is 29.6 Å². The zero-order valence-electron chi connectivity index (χ0n) is 8.90. The van der Waals surface area contributed by atoms with E-state index in [1.165, 1.54) is 0 Å². The summed E-state index contributed by atoms with van der Waals surface area (Å²) in [6.45, 7) is 3.30. The van der Waals surface area contributed by atoms with Gasteiger partial charge >= 0.3 is 0 Å². The maximum absolute atomic E-state index is 12.0. The number of ether oxygens (including phenoxy) is 1.